The van der Waals surface area contributed by atoms with Gasteiger partial charge < -0.3 is 10.1 Å². The molecule has 0 aromatic heterocycles. The van der Waals surface area contributed by atoms with Crippen LogP contribution in [0.3, 0.4) is 0 Å². The normalized spacial score (nSPS) is 16.3. The second-order valence-corrected chi connectivity index (χ2v) is 7.65. The number of amides is 1. The van der Waals surface area contributed by atoms with E-state index in [0.29, 0.717) is 30.3 Å². The van der Waals surface area contributed by atoms with Crippen LogP contribution in [-0.4, -0.2) is 43.7 Å². The Morgan fingerprint density at radius 2 is 1.92 bits per heavy atom. The van der Waals surface area contributed by atoms with E-state index in [1.807, 2.05) is 49.4 Å². The number of benzene rings is 2. The Kier molecular flexibility index (Phi) is 6.70. The van der Waals surface area contributed by atoms with Gasteiger partial charge in [-0.1, -0.05) is 35.9 Å². The molecule has 0 radical (unpaired) electrons. The highest BCUT2D eigenvalue weighted by atomic mass is 79.9. The van der Waals surface area contributed by atoms with Gasteiger partial charge in [-0.3, -0.25) is 9.69 Å². The molecule has 1 amide bonds. The van der Waals surface area contributed by atoms with Gasteiger partial charge >= 0.3 is 0 Å². The van der Waals surface area contributed by atoms with Crippen LogP contribution in [0, 0.1) is 6.92 Å². The summed E-state index contributed by atoms with van der Waals surface area (Å²) in [6.07, 6.45) is 0. The number of aryl methyl sites for hydroxylation is 1. The van der Waals surface area contributed by atoms with Gasteiger partial charge in [0.25, 0.3) is 5.91 Å². The SMILES string of the molecule is Cc1cccc(Br)c1C(=O)NC[C@@H](c1ccc(Cl)cc1)N1CCOCC1. The van der Waals surface area contributed by atoms with Crippen LogP contribution in [0.15, 0.2) is 46.9 Å². The van der Waals surface area contributed by atoms with E-state index in [9.17, 15) is 4.79 Å². The average molecular weight is 438 g/mol. The van der Waals surface area contributed by atoms with Crippen molar-refractivity contribution in [3.05, 3.63) is 68.7 Å². The molecule has 1 atom stereocenters. The molecule has 2 aromatic rings. The number of nitrogens with one attached hydrogen (secondary N) is 1. The maximum absolute atomic E-state index is 12.8. The fourth-order valence-corrected chi connectivity index (χ4v) is 4.00. The molecule has 1 heterocycles. The first kappa shape index (κ1) is 19.4. The van der Waals surface area contributed by atoms with Crippen molar-refractivity contribution < 1.29 is 9.53 Å². The summed E-state index contributed by atoms with van der Waals surface area (Å²) in [5, 5.41) is 3.82. The highest BCUT2D eigenvalue weighted by molar-refractivity contribution is 9.10. The molecule has 1 saturated heterocycles. The number of morpholine rings is 1. The summed E-state index contributed by atoms with van der Waals surface area (Å²) in [7, 11) is 0. The number of carbonyl (C=O) groups is 1. The van der Waals surface area contributed by atoms with Crippen molar-refractivity contribution in [3.63, 3.8) is 0 Å². The van der Waals surface area contributed by atoms with Gasteiger partial charge in [-0.25, -0.2) is 0 Å². The van der Waals surface area contributed by atoms with Gasteiger partial charge in [0.15, 0.2) is 0 Å². The van der Waals surface area contributed by atoms with E-state index in [4.69, 9.17) is 16.3 Å². The molecular formula is C20H22BrClN2O2. The van der Waals surface area contributed by atoms with Crippen molar-refractivity contribution in [2.75, 3.05) is 32.8 Å². The highest BCUT2D eigenvalue weighted by Gasteiger charge is 2.24. The molecule has 4 nitrogen and oxygen atoms in total. The third kappa shape index (κ3) is 4.65. The monoisotopic (exact) mass is 436 g/mol. The van der Waals surface area contributed by atoms with Crippen molar-refractivity contribution in [2.24, 2.45) is 0 Å². The second kappa shape index (κ2) is 9.00. The molecule has 0 unspecified atom stereocenters. The lowest BCUT2D eigenvalue weighted by atomic mass is 10.0. The molecule has 1 aliphatic heterocycles. The quantitative estimate of drug-likeness (QED) is 0.762. The maximum atomic E-state index is 12.8. The lowest BCUT2D eigenvalue weighted by molar-refractivity contribution is 0.0162. The van der Waals surface area contributed by atoms with Gasteiger partial charge in [0, 0.05) is 29.1 Å². The van der Waals surface area contributed by atoms with Crippen molar-refractivity contribution in [2.45, 2.75) is 13.0 Å². The number of hydrogen-bond donors (Lipinski definition) is 1. The summed E-state index contributed by atoms with van der Waals surface area (Å²) in [5.41, 5.74) is 2.77. The first-order valence-electron chi connectivity index (χ1n) is 8.67. The van der Waals surface area contributed by atoms with Gasteiger partial charge in [0.05, 0.1) is 24.8 Å². The van der Waals surface area contributed by atoms with E-state index in [0.717, 1.165) is 28.7 Å². The lowest BCUT2D eigenvalue weighted by Crippen LogP contribution is -2.44. The molecule has 138 valence electrons. The summed E-state index contributed by atoms with van der Waals surface area (Å²) < 4.78 is 6.28. The predicted octanol–water partition coefficient (Wildman–Crippen LogP) is 4.21. The molecule has 0 bridgehead atoms. The maximum Gasteiger partial charge on any atom is 0.252 e. The molecule has 0 aliphatic carbocycles. The zero-order valence-corrected chi connectivity index (χ0v) is 17.0. The largest absolute Gasteiger partial charge is 0.379 e. The second-order valence-electron chi connectivity index (χ2n) is 6.36. The standard InChI is InChI=1S/C20H22BrClN2O2/c1-14-3-2-4-17(21)19(14)20(25)23-13-18(24-9-11-26-12-10-24)15-5-7-16(22)8-6-15/h2-8,18H,9-13H2,1H3,(H,23,25)/t18-/m0/s1. The zero-order chi connectivity index (χ0) is 18.5. The number of rotatable bonds is 5. The summed E-state index contributed by atoms with van der Waals surface area (Å²) in [5.74, 6) is -0.0674. The van der Waals surface area contributed by atoms with Crippen LogP contribution in [-0.2, 0) is 4.74 Å². The Hall–Kier alpha value is -1.40. The topological polar surface area (TPSA) is 41.6 Å². The van der Waals surface area contributed by atoms with Gasteiger partial charge in [0.1, 0.15) is 0 Å². The number of halogens is 2. The summed E-state index contributed by atoms with van der Waals surface area (Å²) in [6.45, 7) is 5.58. The molecule has 2 aromatic carbocycles. The minimum absolute atomic E-state index is 0.0674. The van der Waals surface area contributed by atoms with E-state index >= 15 is 0 Å². The average Bonchev–Trinajstić information content (AvgIpc) is 2.64. The smallest absolute Gasteiger partial charge is 0.252 e. The molecule has 3 rings (SSSR count). The van der Waals surface area contributed by atoms with Gasteiger partial charge in [-0.15, -0.1) is 0 Å². The Morgan fingerprint density at radius 1 is 1.23 bits per heavy atom. The Bertz CT molecular complexity index is 741. The third-order valence-electron chi connectivity index (χ3n) is 4.65. The van der Waals surface area contributed by atoms with Crippen LogP contribution in [0.4, 0.5) is 0 Å². The fourth-order valence-electron chi connectivity index (χ4n) is 3.23. The minimum Gasteiger partial charge on any atom is -0.379 e. The van der Waals surface area contributed by atoms with E-state index in [1.165, 1.54) is 0 Å². The zero-order valence-electron chi connectivity index (χ0n) is 14.7. The predicted molar refractivity (Wildman–Crippen MR) is 108 cm³/mol. The fraction of sp³-hybridized carbons (Fsp3) is 0.350. The molecule has 1 fully saturated rings. The number of hydrogen-bond acceptors (Lipinski definition) is 3. The summed E-state index contributed by atoms with van der Waals surface area (Å²) >= 11 is 9.52. The Labute approximate surface area is 167 Å². The van der Waals surface area contributed by atoms with Crippen LogP contribution in [0.1, 0.15) is 27.5 Å². The van der Waals surface area contributed by atoms with Crippen molar-refractivity contribution in [1.29, 1.82) is 0 Å². The molecular weight excluding hydrogens is 416 g/mol. The van der Waals surface area contributed by atoms with Crippen molar-refractivity contribution in [1.82, 2.24) is 10.2 Å². The van der Waals surface area contributed by atoms with E-state index in [1.54, 1.807) is 0 Å². The van der Waals surface area contributed by atoms with Crippen LogP contribution >= 0.6 is 27.5 Å². The highest BCUT2D eigenvalue weighted by Crippen LogP contribution is 2.24. The van der Waals surface area contributed by atoms with E-state index in [-0.39, 0.29) is 11.9 Å². The molecule has 26 heavy (non-hydrogen) atoms. The van der Waals surface area contributed by atoms with E-state index in [2.05, 4.69) is 26.1 Å². The molecule has 1 aliphatic rings. The molecule has 0 saturated carbocycles. The van der Waals surface area contributed by atoms with E-state index < -0.39 is 0 Å². The molecule has 6 heteroatoms. The number of ether oxygens (including phenoxy) is 1. The van der Waals surface area contributed by atoms with Gasteiger partial charge in [-0.2, -0.15) is 0 Å². The minimum atomic E-state index is -0.0674. The molecule has 0 spiro atoms. The van der Waals surface area contributed by atoms with Crippen molar-refractivity contribution >= 4 is 33.4 Å². The third-order valence-corrected chi connectivity index (χ3v) is 5.56. The molecule has 1 N–H and O–H groups in total. The summed E-state index contributed by atoms with van der Waals surface area (Å²) in [4.78, 5) is 15.1. The Morgan fingerprint density at radius 3 is 2.58 bits per heavy atom. The van der Waals surface area contributed by atoms with Crippen LogP contribution in [0.2, 0.25) is 5.02 Å². The van der Waals surface area contributed by atoms with Crippen LogP contribution in [0.25, 0.3) is 0 Å². The van der Waals surface area contributed by atoms with Crippen LogP contribution < -0.4 is 5.32 Å². The van der Waals surface area contributed by atoms with Gasteiger partial charge in [-0.05, 0) is 52.2 Å². The number of nitrogens with zero attached hydrogens (tertiary/aromatic N) is 1. The number of carbonyl (C=O) groups excluding carboxylic acids is 1. The first-order valence-corrected chi connectivity index (χ1v) is 9.84. The van der Waals surface area contributed by atoms with Crippen LogP contribution in [0.5, 0.6) is 0 Å². The first-order chi connectivity index (χ1) is 12.6. The van der Waals surface area contributed by atoms with Crippen molar-refractivity contribution in [3.8, 4) is 0 Å². The Balaban J connectivity index is 1.77. The van der Waals surface area contributed by atoms with Gasteiger partial charge in [0.2, 0.25) is 0 Å². The lowest BCUT2D eigenvalue weighted by Gasteiger charge is -2.35. The summed E-state index contributed by atoms with van der Waals surface area (Å²) in [6, 6.07) is 13.7.